The van der Waals surface area contributed by atoms with Gasteiger partial charge in [0.1, 0.15) is 5.69 Å². The molecule has 19 heavy (non-hydrogen) atoms. The fourth-order valence-electron chi connectivity index (χ4n) is 1.85. The SMILES string of the molecule is CCc1cccnc1-c1noc(CCNC(C)C)n1. The highest BCUT2D eigenvalue weighted by Crippen LogP contribution is 2.18. The number of pyridine rings is 1. The number of hydrogen-bond acceptors (Lipinski definition) is 5. The van der Waals surface area contributed by atoms with Gasteiger partial charge in [-0.1, -0.05) is 32.0 Å². The van der Waals surface area contributed by atoms with Crippen LogP contribution in [0.15, 0.2) is 22.9 Å². The van der Waals surface area contributed by atoms with Crippen LogP contribution in [0, 0.1) is 0 Å². The van der Waals surface area contributed by atoms with Crippen molar-refractivity contribution in [2.24, 2.45) is 0 Å². The zero-order chi connectivity index (χ0) is 13.7. The van der Waals surface area contributed by atoms with E-state index in [4.69, 9.17) is 4.52 Å². The predicted octanol–water partition coefficient (Wildman–Crippen LogP) is 2.23. The Morgan fingerprint density at radius 1 is 1.37 bits per heavy atom. The van der Waals surface area contributed by atoms with Gasteiger partial charge in [0.05, 0.1) is 0 Å². The molecular weight excluding hydrogens is 240 g/mol. The average Bonchev–Trinajstić information content (AvgIpc) is 2.87. The second-order valence-corrected chi connectivity index (χ2v) is 4.74. The first kappa shape index (κ1) is 13.7. The molecule has 2 aromatic heterocycles. The van der Waals surface area contributed by atoms with Gasteiger partial charge in [-0.2, -0.15) is 4.98 Å². The lowest BCUT2D eigenvalue weighted by molar-refractivity contribution is 0.374. The van der Waals surface area contributed by atoms with E-state index in [0.717, 1.165) is 30.6 Å². The molecule has 2 aromatic rings. The maximum Gasteiger partial charge on any atom is 0.228 e. The topological polar surface area (TPSA) is 63.8 Å². The van der Waals surface area contributed by atoms with Crippen LogP contribution in [0.5, 0.6) is 0 Å². The molecule has 2 rings (SSSR count). The molecule has 0 aliphatic heterocycles. The highest BCUT2D eigenvalue weighted by atomic mass is 16.5. The Morgan fingerprint density at radius 2 is 2.21 bits per heavy atom. The Bertz CT molecular complexity index is 522. The van der Waals surface area contributed by atoms with Crippen LogP contribution in [0.3, 0.4) is 0 Å². The van der Waals surface area contributed by atoms with Crippen molar-refractivity contribution in [1.29, 1.82) is 0 Å². The van der Waals surface area contributed by atoms with E-state index < -0.39 is 0 Å². The van der Waals surface area contributed by atoms with Crippen molar-refractivity contribution < 1.29 is 4.52 Å². The zero-order valence-corrected chi connectivity index (χ0v) is 11.7. The van der Waals surface area contributed by atoms with Crippen LogP contribution in [0.4, 0.5) is 0 Å². The van der Waals surface area contributed by atoms with Gasteiger partial charge in [-0.25, -0.2) is 0 Å². The van der Waals surface area contributed by atoms with E-state index in [-0.39, 0.29) is 0 Å². The van der Waals surface area contributed by atoms with Crippen molar-refractivity contribution in [2.45, 2.75) is 39.7 Å². The molecule has 0 fully saturated rings. The van der Waals surface area contributed by atoms with Gasteiger partial charge in [0.25, 0.3) is 0 Å². The second kappa shape index (κ2) is 6.43. The van der Waals surface area contributed by atoms with Gasteiger partial charge in [-0.3, -0.25) is 4.98 Å². The first-order valence-electron chi connectivity index (χ1n) is 6.71. The van der Waals surface area contributed by atoms with Gasteiger partial charge in [-0.05, 0) is 18.1 Å². The van der Waals surface area contributed by atoms with Crippen LogP contribution in [-0.4, -0.2) is 27.7 Å². The van der Waals surface area contributed by atoms with E-state index in [9.17, 15) is 0 Å². The van der Waals surface area contributed by atoms with Crippen molar-refractivity contribution in [3.8, 4) is 11.5 Å². The number of rotatable bonds is 6. The number of aryl methyl sites for hydroxylation is 1. The molecule has 0 saturated carbocycles. The van der Waals surface area contributed by atoms with Crippen LogP contribution < -0.4 is 5.32 Å². The third-order valence-corrected chi connectivity index (χ3v) is 2.84. The number of hydrogen-bond donors (Lipinski definition) is 1. The summed E-state index contributed by atoms with van der Waals surface area (Å²) in [7, 11) is 0. The maximum absolute atomic E-state index is 5.26. The van der Waals surface area contributed by atoms with E-state index in [2.05, 4.69) is 41.2 Å². The first-order chi connectivity index (χ1) is 9.20. The molecular formula is C14H20N4O. The summed E-state index contributed by atoms with van der Waals surface area (Å²) < 4.78 is 5.26. The van der Waals surface area contributed by atoms with Gasteiger partial charge >= 0.3 is 0 Å². The molecule has 0 radical (unpaired) electrons. The number of nitrogens with zero attached hydrogens (tertiary/aromatic N) is 3. The van der Waals surface area contributed by atoms with Gasteiger partial charge < -0.3 is 9.84 Å². The molecule has 102 valence electrons. The van der Waals surface area contributed by atoms with Crippen molar-refractivity contribution in [3.05, 3.63) is 29.8 Å². The highest BCUT2D eigenvalue weighted by molar-refractivity contribution is 5.53. The zero-order valence-electron chi connectivity index (χ0n) is 11.7. The van der Waals surface area contributed by atoms with Crippen molar-refractivity contribution in [3.63, 3.8) is 0 Å². The minimum Gasteiger partial charge on any atom is -0.339 e. The molecule has 0 saturated heterocycles. The Balaban J connectivity index is 2.08. The monoisotopic (exact) mass is 260 g/mol. The summed E-state index contributed by atoms with van der Waals surface area (Å²) in [6.45, 7) is 7.15. The second-order valence-electron chi connectivity index (χ2n) is 4.74. The lowest BCUT2D eigenvalue weighted by Crippen LogP contribution is -2.25. The summed E-state index contributed by atoms with van der Waals surface area (Å²) in [4.78, 5) is 8.75. The van der Waals surface area contributed by atoms with Crippen molar-refractivity contribution >= 4 is 0 Å². The van der Waals surface area contributed by atoms with E-state index in [0.29, 0.717) is 17.8 Å². The summed E-state index contributed by atoms with van der Waals surface area (Å²) in [6, 6.07) is 4.43. The van der Waals surface area contributed by atoms with Gasteiger partial charge in [0.2, 0.25) is 11.7 Å². The van der Waals surface area contributed by atoms with Gasteiger partial charge in [-0.15, -0.1) is 0 Å². The van der Waals surface area contributed by atoms with Crippen LogP contribution in [0.25, 0.3) is 11.5 Å². The summed E-state index contributed by atoms with van der Waals surface area (Å²) in [6.07, 6.45) is 3.40. The molecule has 0 unspecified atom stereocenters. The smallest absolute Gasteiger partial charge is 0.228 e. The van der Waals surface area contributed by atoms with E-state index in [1.54, 1.807) is 6.20 Å². The molecule has 0 aliphatic carbocycles. The van der Waals surface area contributed by atoms with Crippen LogP contribution in [0.2, 0.25) is 0 Å². The van der Waals surface area contributed by atoms with Crippen LogP contribution >= 0.6 is 0 Å². The lowest BCUT2D eigenvalue weighted by atomic mass is 10.1. The molecule has 0 amide bonds. The molecule has 1 N–H and O–H groups in total. The first-order valence-corrected chi connectivity index (χ1v) is 6.71. The van der Waals surface area contributed by atoms with Gasteiger partial charge in [0.15, 0.2) is 0 Å². The van der Waals surface area contributed by atoms with Crippen molar-refractivity contribution in [2.75, 3.05) is 6.54 Å². The Hall–Kier alpha value is -1.75. The molecule has 0 atom stereocenters. The fourth-order valence-corrected chi connectivity index (χ4v) is 1.85. The fraction of sp³-hybridized carbons (Fsp3) is 0.500. The largest absolute Gasteiger partial charge is 0.339 e. The van der Waals surface area contributed by atoms with Crippen LogP contribution in [-0.2, 0) is 12.8 Å². The molecule has 5 nitrogen and oxygen atoms in total. The Labute approximate surface area is 113 Å². The molecule has 0 spiro atoms. The summed E-state index contributed by atoms with van der Waals surface area (Å²) in [5.74, 6) is 1.23. The Morgan fingerprint density at radius 3 is 2.95 bits per heavy atom. The third-order valence-electron chi connectivity index (χ3n) is 2.84. The minimum absolute atomic E-state index is 0.463. The highest BCUT2D eigenvalue weighted by Gasteiger charge is 2.12. The standard InChI is InChI=1S/C14H20N4O/c1-4-11-6-5-8-16-13(11)14-17-12(19-18-14)7-9-15-10(2)3/h5-6,8,10,15H,4,7,9H2,1-3H3. The minimum atomic E-state index is 0.463. The molecule has 0 aliphatic rings. The maximum atomic E-state index is 5.26. The molecule has 0 aromatic carbocycles. The van der Waals surface area contributed by atoms with E-state index >= 15 is 0 Å². The Kier molecular flexibility index (Phi) is 4.63. The van der Waals surface area contributed by atoms with Crippen LogP contribution in [0.1, 0.15) is 32.2 Å². The van der Waals surface area contributed by atoms with E-state index in [1.807, 2.05) is 12.1 Å². The quantitative estimate of drug-likeness (QED) is 0.863. The van der Waals surface area contributed by atoms with Crippen molar-refractivity contribution in [1.82, 2.24) is 20.4 Å². The molecule has 2 heterocycles. The normalized spacial score (nSPS) is 11.2. The molecule has 0 bridgehead atoms. The summed E-state index contributed by atoms with van der Waals surface area (Å²) in [5.41, 5.74) is 1.95. The van der Waals surface area contributed by atoms with E-state index in [1.165, 1.54) is 0 Å². The summed E-state index contributed by atoms with van der Waals surface area (Å²) >= 11 is 0. The summed E-state index contributed by atoms with van der Waals surface area (Å²) in [5, 5.41) is 7.34. The predicted molar refractivity (Wildman–Crippen MR) is 73.7 cm³/mol. The number of nitrogens with one attached hydrogen (secondary N) is 1. The molecule has 5 heteroatoms. The van der Waals surface area contributed by atoms with Gasteiger partial charge in [0, 0.05) is 25.2 Å². The average molecular weight is 260 g/mol. The number of aromatic nitrogens is 3. The lowest BCUT2D eigenvalue weighted by Gasteiger charge is -2.04. The third kappa shape index (κ3) is 3.61.